The van der Waals surface area contributed by atoms with Gasteiger partial charge in [-0.15, -0.1) is 5.92 Å². The first-order chi connectivity index (χ1) is 16.3. The lowest BCUT2D eigenvalue weighted by atomic mass is 9.87. The third kappa shape index (κ3) is 8.00. The Morgan fingerprint density at radius 2 is 1.59 bits per heavy atom. The Labute approximate surface area is 201 Å². The number of carbonyl (C=O) groups is 2. The SMILES string of the molecule is CCCCCCCc1ccc(-c2ccc(CNCC#CCC(C)(C(=O)O)C(=O)O)cc2F)cc1. The van der Waals surface area contributed by atoms with Crippen molar-refractivity contribution >= 4 is 11.9 Å². The fourth-order valence-electron chi connectivity index (χ4n) is 3.50. The Kier molecular flexibility index (Phi) is 10.8. The molecule has 0 bridgehead atoms. The molecule has 6 heteroatoms. The first-order valence-corrected chi connectivity index (χ1v) is 11.8. The van der Waals surface area contributed by atoms with Crippen molar-refractivity contribution in [3.05, 3.63) is 59.4 Å². The second-order valence-electron chi connectivity index (χ2n) is 8.75. The van der Waals surface area contributed by atoms with Gasteiger partial charge in [0, 0.05) is 18.5 Å². The predicted molar refractivity (Wildman–Crippen MR) is 132 cm³/mol. The summed E-state index contributed by atoms with van der Waals surface area (Å²) in [6, 6.07) is 13.2. The number of hydrogen-bond acceptors (Lipinski definition) is 3. The second-order valence-corrected chi connectivity index (χ2v) is 8.75. The van der Waals surface area contributed by atoms with Gasteiger partial charge in [-0.1, -0.05) is 74.9 Å². The maximum atomic E-state index is 14.7. The van der Waals surface area contributed by atoms with Gasteiger partial charge in [-0.2, -0.15) is 0 Å². The van der Waals surface area contributed by atoms with Gasteiger partial charge < -0.3 is 15.5 Å². The molecule has 3 N–H and O–H groups in total. The Morgan fingerprint density at radius 1 is 0.941 bits per heavy atom. The van der Waals surface area contributed by atoms with E-state index in [1.54, 1.807) is 6.07 Å². The van der Waals surface area contributed by atoms with Crippen molar-refractivity contribution in [3.63, 3.8) is 0 Å². The Hall–Kier alpha value is -3.17. The second kappa shape index (κ2) is 13.5. The van der Waals surface area contributed by atoms with E-state index in [1.807, 2.05) is 18.2 Å². The van der Waals surface area contributed by atoms with Crippen molar-refractivity contribution < 1.29 is 24.2 Å². The first kappa shape index (κ1) is 27.1. The number of unbranched alkanes of at least 4 members (excludes halogenated alkanes) is 4. The summed E-state index contributed by atoms with van der Waals surface area (Å²) in [5.74, 6) is 2.18. The van der Waals surface area contributed by atoms with E-state index in [9.17, 15) is 14.0 Å². The summed E-state index contributed by atoms with van der Waals surface area (Å²) in [4.78, 5) is 22.2. The lowest BCUT2D eigenvalue weighted by Gasteiger charge is -2.15. The summed E-state index contributed by atoms with van der Waals surface area (Å²) in [6.07, 6.45) is 6.99. The van der Waals surface area contributed by atoms with Gasteiger partial charge in [-0.3, -0.25) is 9.59 Å². The maximum Gasteiger partial charge on any atom is 0.321 e. The van der Waals surface area contributed by atoms with E-state index in [0.29, 0.717) is 12.1 Å². The molecule has 0 radical (unpaired) electrons. The zero-order chi connectivity index (χ0) is 25.0. The van der Waals surface area contributed by atoms with Crippen LogP contribution in [0.25, 0.3) is 11.1 Å². The number of halogens is 1. The van der Waals surface area contributed by atoms with Crippen LogP contribution >= 0.6 is 0 Å². The van der Waals surface area contributed by atoms with Gasteiger partial charge in [-0.05, 0) is 42.5 Å². The van der Waals surface area contributed by atoms with Gasteiger partial charge in [0.15, 0.2) is 5.41 Å². The van der Waals surface area contributed by atoms with Crippen molar-refractivity contribution in [2.24, 2.45) is 5.41 Å². The first-order valence-electron chi connectivity index (χ1n) is 11.8. The van der Waals surface area contributed by atoms with Crippen molar-refractivity contribution in [1.29, 1.82) is 0 Å². The molecule has 2 rings (SSSR count). The van der Waals surface area contributed by atoms with Crippen molar-refractivity contribution in [1.82, 2.24) is 5.32 Å². The van der Waals surface area contributed by atoms with Crippen LogP contribution in [0.1, 0.15) is 63.5 Å². The number of nitrogens with one attached hydrogen (secondary N) is 1. The summed E-state index contributed by atoms with van der Waals surface area (Å²) in [7, 11) is 0. The van der Waals surface area contributed by atoms with Crippen LogP contribution in [0.3, 0.4) is 0 Å². The number of carboxylic acid groups (broad SMARTS) is 2. The normalized spacial score (nSPS) is 11.0. The highest BCUT2D eigenvalue weighted by atomic mass is 19.1. The molecule has 0 aromatic heterocycles. The van der Waals surface area contributed by atoms with Gasteiger partial charge in [0.2, 0.25) is 0 Å². The van der Waals surface area contributed by atoms with E-state index < -0.39 is 17.4 Å². The monoisotopic (exact) mass is 467 g/mol. The fraction of sp³-hybridized carbons (Fsp3) is 0.429. The molecule has 0 spiro atoms. The van der Waals surface area contributed by atoms with Gasteiger partial charge in [0.05, 0.1) is 6.54 Å². The van der Waals surface area contributed by atoms with Crippen LogP contribution in [-0.4, -0.2) is 28.7 Å². The predicted octanol–water partition coefficient (Wildman–Crippen LogP) is 5.66. The maximum absolute atomic E-state index is 14.7. The van der Waals surface area contributed by atoms with Crippen LogP contribution < -0.4 is 5.32 Å². The number of hydrogen-bond donors (Lipinski definition) is 3. The third-order valence-electron chi connectivity index (χ3n) is 5.92. The molecule has 0 saturated heterocycles. The van der Waals surface area contributed by atoms with Crippen LogP contribution in [0.4, 0.5) is 4.39 Å². The lowest BCUT2D eigenvalue weighted by molar-refractivity contribution is -0.162. The van der Waals surface area contributed by atoms with Crippen molar-refractivity contribution in [2.75, 3.05) is 6.54 Å². The molecule has 0 aliphatic rings. The molecular formula is C28H34FNO4. The van der Waals surface area contributed by atoms with E-state index in [4.69, 9.17) is 10.2 Å². The molecule has 0 aliphatic heterocycles. The van der Waals surface area contributed by atoms with Crippen LogP contribution in [0.15, 0.2) is 42.5 Å². The third-order valence-corrected chi connectivity index (χ3v) is 5.92. The minimum absolute atomic E-state index is 0.235. The van der Waals surface area contributed by atoms with Gasteiger partial charge in [0.1, 0.15) is 5.82 Å². The minimum Gasteiger partial charge on any atom is -0.480 e. The van der Waals surface area contributed by atoms with Gasteiger partial charge in [-0.25, -0.2) is 4.39 Å². The smallest absolute Gasteiger partial charge is 0.321 e. The molecule has 5 nitrogen and oxygen atoms in total. The minimum atomic E-state index is -1.93. The summed E-state index contributed by atoms with van der Waals surface area (Å²) in [6.45, 7) is 3.96. The van der Waals surface area contributed by atoms with Crippen molar-refractivity contribution in [2.45, 2.75) is 65.3 Å². The highest BCUT2D eigenvalue weighted by Crippen LogP contribution is 2.25. The van der Waals surface area contributed by atoms with E-state index in [1.165, 1.54) is 43.7 Å². The number of aliphatic carboxylic acids is 2. The van der Waals surface area contributed by atoms with Crippen LogP contribution in [-0.2, 0) is 22.6 Å². The Bertz CT molecular complexity index is 1010. The Morgan fingerprint density at radius 3 is 2.21 bits per heavy atom. The zero-order valence-corrected chi connectivity index (χ0v) is 20.0. The largest absolute Gasteiger partial charge is 0.480 e. The topological polar surface area (TPSA) is 86.6 Å². The fourth-order valence-corrected chi connectivity index (χ4v) is 3.50. The number of aryl methyl sites for hydroxylation is 1. The van der Waals surface area contributed by atoms with E-state index in [-0.39, 0.29) is 18.8 Å². The Balaban J connectivity index is 1.85. The lowest BCUT2D eigenvalue weighted by Crippen LogP contribution is -2.35. The molecule has 0 atom stereocenters. The molecule has 34 heavy (non-hydrogen) atoms. The standard InChI is InChI=1S/C28H34FNO4/c1-3-4-5-6-7-10-21-11-14-23(15-12-21)24-16-13-22(19-25(24)29)20-30-18-9-8-17-28(2,26(31)32)27(33)34/h11-16,19,30H,3-7,10,17-18,20H2,1-2H3,(H,31,32)(H,33,34). The number of carboxylic acids is 2. The van der Waals surface area contributed by atoms with Gasteiger partial charge in [0.25, 0.3) is 0 Å². The van der Waals surface area contributed by atoms with Crippen molar-refractivity contribution in [3.8, 4) is 23.0 Å². The molecular weight excluding hydrogens is 433 g/mol. The summed E-state index contributed by atoms with van der Waals surface area (Å²) in [5, 5.41) is 21.2. The van der Waals surface area contributed by atoms with E-state index in [2.05, 4.69) is 36.2 Å². The highest BCUT2D eigenvalue weighted by molar-refractivity contribution is 5.98. The molecule has 0 heterocycles. The molecule has 0 amide bonds. The molecule has 2 aromatic carbocycles. The van der Waals surface area contributed by atoms with Crippen LogP contribution in [0, 0.1) is 23.1 Å². The quantitative estimate of drug-likeness (QED) is 0.201. The molecule has 0 fully saturated rings. The zero-order valence-electron chi connectivity index (χ0n) is 20.0. The van der Waals surface area contributed by atoms with E-state index >= 15 is 0 Å². The highest BCUT2D eigenvalue weighted by Gasteiger charge is 2.40. The summed E-state index contributed by atoms with van der Waals surface area (Å²) in [5.41, 5.74) is 1.50. The molecule has 0 unspecified atom stereocenters. The summed E-state index contributed by atoms with van der Waals surface area (Å²) >= 11 is 0. The summed E-state index contributed by atoms with van der Waals surface area (Å²) < 4.78 is 14.7. The molecule has 2 aromatic rings. The van der Waals surface area contributed by atoms with Crippen LogP contribution in [0.2, 0.25) is 0 Å². The number of rotatable bonds is 13. The van der Waals surface area contributed by atoms with Crippen LogP contribution in [0.5, 0.6) is 0 Å². The molecule has 182 valence electrons. The molecule has 0 aliphatic carbocycles. The number of benzene rings is 2. The average molecular weight is 468 g/mol. The average Bonchev–Trinajstić information content (AvgIpc) is 2.81. The van der Waals surface area contributed by atoms with Gasteiger partial charge >= 0.3 is 11.9 Å². The van der Waals surface area contributed by atoms with E-state index in [0.717, 1.165) is 24.5 Å². The molecule has 0 saturated carbocycles.